The van der Waals surface area contributed by atoms with Crippen molar-refractivity contribution in [2.45, 2.75) is 46.2 Å². The van der Waals surface area contributed by atoms with Crippen molar-refractivity contribution in [3.63, 3.8) is 0 Å². The third-order valence-corrected chi connectivity index (χ3v) is 5.53. The molecule has 3 rings (SSSR count). The number of aryl methyl sites for hydroxylation is 1. The van der Waals surface area contributed by atoms with E-state index in [1.54, 1.807) is 7.11 Å². The molecule has 0 saturated carbocycles. The van der Waals surface area contributed by atoms with Crippen LogP contribution in [0.5, 0.6) is 5.75 Å². The molecule has 6 nitrogen and oxygen atoms in total. The molecule has 2 aromatic carbocycles. The molecule has 0 aliphatic carbocycles. The number of methoxy groups -OCH3 is 1. The second kappa shape index (κ2) is 11.4. The number of carbonyl (C=O) groups excluding carboxylic acids is 1. The summed E-state index contributed by atoms with van der Waals surface area (Å²) in [6, 6.07) is 14.6. The largest absolute Gasteiger partial charge is 0.496 e. The van der Waals surface area contributed by atoms with Gasteiger partial charge in [0, 0.05) is 39.1 Å². The monoisotopic (exact) mass is 422 g/mol. The fourth-order valence-electron chi connectivity index (χ4n) is 3.78. The summed E-state index contributed by atoms with van der Waals surface area (Å²) in [6.45, 7) is 7.76. The number of fused-ring (bicyclic) bond motifs is 1. The molecule has 2 aromatic rings. The molecule has 0 aromatic heterocycles. The predicted molar refractivity (Wildman–Crippen MR) is 125 cm³/mol. The van der Waals surface area contributed by atoms with E-state index in [0.29, 0.717) is 13.0 Å². The van der Waals surface area contributed by atoms with Crippen LogP contribution in [0.2, 0.25) is 0 Å². The summed E-state index contributed by atoms with van der Waals surface area (Å²) in [7, 11) is 1.70. The molecule has 1 aliphatic heterocycles. The highest BCUT2D eigenvalue weighted by Crippen LogP contribution is 2.23. The van der Waals surface area contributed by atoms with Crippen LogP contribution in [-0.2, 0) is 24.3 Å². The van der Waals surface area contributed by atoms with Crippen molar-refractivity contribution < 1.29 is 9.53 Å². The van der Waals surface area contributed by atoms with Gasteiger partial charge in [0.2, 0.25) is 5.91 Å². The summed E-state index contributed by atoms with van der Waals surface area (Å²) in [5.74, 6) is 1.92. The molecule has 2 N–H and O–H groups in total. The first kappa shape index (κ1) is 22.7. The van der Waals surface area contributed by atoms with E-state index in [-0.39, 0.29) is 5.91 Å². The summed E-state index contributed by atoms with van der Waals surface area (Å²) in [5, 5.41) is 6.65. The Labute approximate surface area is 185 Å². The predicted octanol–water partition coefficient (Wildman–Crippen LogP) is 3.42. The van der Waals surface area contributed by atoms with Crippen molar-refractivity contribution >= 4 is 11.9 Å². The molecule has 0 radical (unpaired) electrons. The maximum atomic E-state index is 12.5. The molecule has 0 fully saturated rings. The fourth-order valence-corrected chi connectivity index (χ4v) is 3.78. The van der Waals surface area contributed by atoms with Gasteiger partial charge in [-0.05, 0) is 55.0 Å². The molecular weight excluding hydrogens is 388 g/mol. The lowest BCUT2D eigenvalue weighted by Gasteiger charge is -2.15. The van der Waals surface area contributed by atoms with Crippen LogP contribution in [0.3, 0.4) is 0 Å². The third kappa shape index (κ3) is 6.48. The SMILES string of the molecule is CCNC(=NCCCC(=O)N1Cc2ccccc2C1)NCCc1ccc(C)c(OC)c1. The first-order valence-electron chi connectivity index (χ1n) is 11.1. The number of nitrogens with zero attached hydrogens (tertiary/aromatic N) is 2. The number of rotatable bonds is 9. The molecule has 0 spiro atoms. The Bertz CT molecular complexity index is 885. The van der Waals surface area contributed by atoms with Gasteiger partial charge < -0.3 is 20.3 Å². The van der Waals surface area contributed by atoms with E-state index < -0.39 is 0 Å². The van der Waals surface area contributed by atoms with E-state index in [9.17, 15) is 4.79 Å². The third-order valence-electron chi connectivity index (χ3n) is 5.53. The van der Waals surface area contributed by atoms with E-state index in [2.05, 4.69) is 52.9 Å². The first-order chi connectivity index (χ1) is 15.1. The zero-order valence-electron chi connectivity index (χ0n) is 18.9. The van der Waals surface area contributed by atoms with Crippen molar-refractivity contribution in [2.75, 3.05) is 26.7 Å². The Hall–Kier alpha value is -3.02. The lowest BCUT2D eigenvalue weighted by Crippen LogP contribution is -2.38. The second-order valence-electron chi connectivity index (χ2n) is 7.86. The quantitative estimate of drug-likeness (QED) is 0.369. The molecule has 1 aliphatic rings. The molecule has 31 heavy (non-hydrogen) atoms. The van der Waals surface area contributed by atoms with Gasteiger partial charge in [0.1, 0.15) is 5.75 Å². The van der Waals surface area contributed by atoms with Gasteiger partial charge in [0.25, 0.3) is 0 Å². The first-order valence-corrected chi connectivity index (χ1v) is 11.1. The Morgan fingerprint density at radius 3 is 2.55 bits per heavy atom. The number of carbonyl (C=O) groups is 1. The van der Waals surface area contributed by atoms with Crippen LogP contribution in [0.4, 0.5) is 0 Å². The van der Waals surface area contributed by atoms with Gasteiger partial charge in [-0.15, -0.1) is 0 Å². The van der Waals surface area contributed by atoms with Crippen LogP contribution >= 0.6 is 0 Å². The molecule has 0 unspecified atom stereocenters. The summed E-state index contributed by atoms with van der Waals surface area (Å²) in [6.07, 6.45) is 2.16. The van der Waals surface area contributed by atoms with Crippen LogP contribution in [0, 0.1) is 6.92 Å². The summed E-state index contributed by atoms with van der Waals surface area (Å²) in [5.41, 5.74) is 4.89. The molecule has 0 bridgehead atoms. The summed E-state index contributed by atoms with van der Waals surface area (Å²) < 4.78 is 5.40. The van der Waals surface area contributed by atoms with Crippen LogP contribution in [0.15, 0.2) is 47.5 Å². The highest BCUT2D eigenvalue weighted by Gasteiger charge is 2.22. The highest BCUT2D eigenvalue weighted by atomic mass is 16.5. The number of guanidine groups is 1. The van der Waals surface area contributed by atoms with E-state index in [4.69, 9.17) is 4.74 Å². The zero-order valence-corrected chi connectivity index (χ0v) is 18.9. The van der Waals surface area contributed by atoms with Crippen molar-refractivity contribution in [3.05, 3.63) is 64.7 Å². The normalized spacial score (nSPS) is 13.1. The van der Waals surface area contributed by atoms with Crippen molar-refractivity contribution in [1.82, 2.24) is 15.5 Å². The lowest BCUT2D eigenvalue weighted by molar-refractivity contribution is -0.131. The Balaban J connectivity index is 1.41. The summed E-state index contributed by atoms with van der Waals surface area (Å²) >= 11 is 0. The topological polar surface area (TPSA) is 66.0 Å². The molecule has 1 amide bonds. The molecular formula is C25H34N4O2. The number of nitrogens with one attached hydrogen (secondary N) is 2. The van der Waals surface area contributed by atoms with E-state index in [0.717, 1.165) is 56.3 Å². The molecule has 0 saturated heterocycles. The van der Waals surface area contributed by atoms with Gasteiger partial charge in [-0.1, -0.05) is 36.4 Å². The van der Waals surface area contributed by atoms with Gasteiger partial charge in [-0.25, -0.2) is 0 Å². The minimum Gasteiger partial charge on any atom is -0.496 e. The number of aliphatic imine (C=N–C) groups is 1. The van der Waals surface area contributed by atoms with Crippen molar-refractivity contribution in [3.8, 4) is 5.75 Å². The number of hydrogen-bond acceptors (Lipinski definition) is 3. The maximum Gasteiger partial charge on any atom is 0.223 e. The average Bonchev–Trinajstić information content (AvgIpc) is 3.22. The van der Waals surface area contributed by atoms with Gasteiger partial charge in [-0.2, -0.15) is 0 Å². The molecule has 1 heterocycles. The van der Waals surface area contributed by atoms with Gasteiger partial charge in [-0.3, -0.25) is 9.79 Å². The number of hydrogen-bond donors (Lipinski definition) is 2. The van der Waals surface area contributed by atoms with Crippen LogP contribution in [0.1, 0.15) is 42.0 Å². The van der Waals surface area contributed by atoms with Crippen LogP contribution in [0.25, 0.3) is 0 Å². The molecule has 6 heteroatoms. The maximum absolute atomic E-state index is 12.5. The lowest BCUT2D eigenvalue weighted by atomic mass is 10.1. The van der Waals surface area contributed by atoms with Crippen molar-refractivity contribution in [1.29, 1.82) is 0 Å². The minimum atomic E-state index is 0.206. The van der Waals surface area contributed by atoms with Gasteiger partial charge >= 0.3 is 0 Å². The standard InChI is InChI=1S/C25H34N4O2/c1-4-26-25(28-15-13-20-12-11-19(2)23(16-20)31-3)27-14-7-10-24(30)29-17-21-8-5-6-9-22(21)18-29/h5-6,8-9,11-12,16H,4,7,10,13-15,17-18H2,1-3H3,(H2,26,27,28). The van der Waals surface area contributed by atoms with E-state index >= 15 is 0 Å². The minimum absolute atomic E-state index is 0.206. The van der Waals surface area contributed by atoms with Crippen LogP contribution < -0.4 is 15.4 Å². The Morgan fingerprint density at radius 1 is 1.13 bits per heavy atom. The van der Waals surface area contributed by atoms with Gasteiger partial charge in [0.05, 0.1) is 7.11 Å². The van der Waals surface area contributed by atoms with Crippen LogP contribution in [-0.4, -0.2) is 43.5 Å². The second-order valence-corrected chi connectivity index (χ2v) is 7.86. The smallest absolute Gasteiger partial charge is 0.223 e. The van der Waals surface area contributed by atoms with Gasteiger partial charge in [0.15, 0.2) is 5.96 Å². The fraction of sp³-hybridized carbons (Fsp3) is 0.440. The van der Waals surface area contributed by atoms with E-state index in [1.165, 1.54) is 16.7 Å². The van der Waals surface area contributed by atoms with Crippen molar-refractivity contribution in [2.24, 2.45) is 4.99 Å². The highest BCUT2D eigenvalue weighted by molar-refractivity contribution is 5.80. The zero-order chi connectivity index (χ0) is 22.1. The number of benzene rings is 2. The molecule has 166 valence electrons. The Morgan fingerprint density at radius 2 is 1.87 bits per heavy atom. The number of amides is 1. The van der Waals surface area contributed by atoms with E-state index in [1.807, 2.05) is 24.0 Å². The summed E-state index contributed by atoms with van der Waals surface area (Å²) in [4.78, 5) is 19.1. The number of ether oxygens (including phenoxy) is 1. The molecule has 0 atom stereocenters. The average molecular weight is 423 g/mol. The Kier molecular flexibility index (Phi) is 8.33.